The Morgan fingerprint density at radius 1 is 1.27 bits per heavy atom. The molecule has 1 aliphatic rings. The van der Waals surface area contributed by atoms with E-state index in [1.165, 1.54) is 12.8 Å². The molecule has 0 heterocycles. The first-order valence-corrected chi connectivity index (χ1v) is 6.05. The number of hydrogen-bond donors (Lipinski definition) is 1. The third-order valence-corrected chi connectivity index (χ3v) is 3.58. The van der Waals surface area contributed by atoms with E-state index in [9.17, 15) is 9.90 Å². The molecule has 0 aromatic heterocycles. The van der Waals surface area contributed by atoms with Crippen LogP contribution in [0.5, 0.6) is 0 Å². The monoisotopic (exact) mass is 210 g/mol. The van der Waals surface area contributed by atoms with Crippen LogP contribution in [0.2, 0.25) is 0 Å². The molecule has 15 heavy (non-hydrogen) atoms. The lowest BCUT2D eigenvalue weighted by atomic mass is 9.76. The zero-order valence-corrected chi connectivity index (χ0v) is 9.50. The van der Waals surface area contributed by atoms with Gasteiger partial charge < -0.3 is 5.11 Å². The van der Waals surface area contributed by atoms with E-state index < -0.39 is 11.4 Å². The van der Waals surface area contributed by atoms with Gasteiger partial charge in [-0.2, -0.15) is 0 Å². The topological polar surface area (TPSA) is 37.3 Å². The molecule has 1 saturated carbocycles. The van der Waals surface area contributed by atoms with Gasteiger partial charge in [0, 0.05) is 0 Å². The summed E-state index contributed by atoms with van der Waals surface area (Å²) in [6.07, 6.45) is 10.9. The minimum atomic E-state index is -0.575. The Bertz CT molecular complexity index is 213. The Morgan fingerprint density at radius 3 is 2.33 bits per heavy atom. The number of unbranched alkanes of at least 4 members (excludes halogenated alkanes) is 1. The van der Waals surface area contributed by atoms with Crippen LogP contribution in [0.4, 0.5) is 0 Å². The maximum atomic E-state index is 11.4. The van der Waals surface area contributed by atoms with Gasteiger partial charge in [0.05, 0.1) is 5.41 Å². The van der Waals surface area contributed by atoms with Gasteiger partial charge in [-0.1, -0.05) is 31.8 Å². The fourth-order valence-corrected chi connectivity index (χ4v) is 2.56. The molecular weight excluding hydrogens is 188 g/mol. The van der Waals surface area contributed by atoms with Crippen LogP contribution in [-0.4, -0.2) is 11.1 Å². The average molecular weight is 210 g/mol. The SMILES string of the molecule is C=CCCCC1(C(=O)O)CCCCCC1. The second kappa shape index (κ2) is 5.94. The lowest BCUT2D eigenvalue weighted by Gasteiger charge is -2.27. The second-order valence-corrected chi connectivity index (χ2v) is 4.68. The first-order chi connectivity index (χ1) is 7.21. The molecule has 0 amide bonds. The number of hydrogen-bond acceptors (Lipinski definition) is 1. The lowest BCUT2D eigenvalue weighted by Crippen LogP contribution is -2.30. The summed E-state index contributed by atoms with van der Waals surface area (Å²) in [5.41, 5.74) is -0.417. The molecule has 1 rings (SSSR count). The van der Waals surface area contributed by atoms with Crippen molar-refractivity contribution < 1.29 is 9.90 Å². The normalized spacial score (nSPS) is 20.5. The highest BCUT2D eigenvalue weighted by atomic mass is 16.4. The zero-order valence-electron chi connectivity index (χ0n) is 9.50. The Hall–Kier alpha value is -0.790. The van der Waals surface area contributed by atoms with E-state index in [2.05, 4.69) is 6.58 Å². The maximum Gasteiger partial charge on any atom is 0.309 e. The minimum Gasteiger partial charge on any atom is -0.481 e. The third kappa shape index (κ3) is 3.37. The molecule has 0 saturated heterocycles. The lowest BCUT2D eigenvalue weighted by molar-refractivity contribution is -0.150. The van der Waals surface area contributed by atoms with E-state index >= 15 is 0 Å². The maximum absolute atomic E-state index is 11.4. The molecule has 0 radical (unpaired) electrons. The van der Waals surface area contributed by atoms with Crippen molar-refractivity contribution >= 4 is 5.97 Å². The quantitative estimate of drug-likeness (QED) is 0.426. The van der Waals surface area contributed by atoms with Gasteiger partial charge in [0.2, 0.25) is 0 Å². The summed E-state index contributed by atoms with van der Waals surface area (Å²) in [6.45, 7) is 3.68. The summed E-state index contributed by atoms with van der Waals surface area (Å²) in [6, 6.07) is 0. The van der Waals surface area contributed by atoms with Gasteiger partial charge in [0.15, 0.2) is 0 Å². The molecule has 2 heteroatoms. The van der Waals surface area contributed by atoms with Crippen LogP contribution in [0, 0.1) is 5.41 Å². The van der Waals surface area contributed by atoms with Crippen molar-refractivity contribution in [3.63, 3.8) is 0 Å². The second-order valence-electron chi connectivity index (χ2n) is 4.68. The molecule has 0 unspecified atom stereocenters. The highest BCUT2D eigenvalue weighted by Crippen LogP contribution is 2.39. The molecule has 0 aromatic carbocycles. The molecule has 1 fully saturated rings. The van der Waals surface area contributed by atoms with Gasteiger partial charge in [-0.25, -0.2) is 0 Å². The van der Waals surface area contributed by atoms with E-state index in [1.54, 1.807) is 0 Å². The Morgan fingerprint density at radius 2 is 1.87 bits per heavy atom. The molecule has 1 N–H and O–H groups in total. The van der Waals surface area contributed by atoms with Gasteiger partial charge in [-0.15, -0.1) is 6.58 Å². The molecule has 1 aliphatic carbocycles. The fourth-order valence-electron chi connectivity index (χ4n) is 2.56. The predicted octanol–water partition coefficient (Wildman–Crippen LogP) is 3.77. The smallest absolute Gasteiger partial charge is 0.309 e. The van der Waals surface area contributed by atoms with Crippen LogP contribution < -0.4 is 0 Å². The summed E-state index contributed by atoms with van der Waals surface area (Å²) < 4.78 is 0. The predicted molar refractivity (Wildman–Crippen MR) is 61.8 cm³/mol. The summed E-state index contributed by atoms with van der Waals surface area (Å²) in [5, 5.41) is 9.39. The molecule has 0 aromatic rings. The Balaban J connectivity index is 2.58. The van der Waals surface area contributed by atoms with Gasteiger partial charge >= 0.3 is 5.97 Å². The van der Waals surface area contributed by atoms with Crippen LogP contribution in [0.3, 0.4) is 0 Å². The number of carboxylic acid groups (broad SMARTS) is 1. The van der Waals surface area contributed by atoms with Gasteiger partial charge in [-0.3, -0.25) is 4.79 Å². The van der Waals surface area contributed by atoms with E-state index in [1.807, 2.05) is 6.08 Å². The van der Waals surface area contributed by atoms with Crippen LogP contribution in [-0.2, 0) is 4.79 Å². The van der Waals surface area contributed by atoms with Crippen LogP contribution >= 0.6 is 0 Å². The molecule has 0 spiro atoms. The third-order valence-electron chi connectivity index (χ3n) is 3.58. The van der Waals surface area contributed by atoms with Crippen LogP contribution in [0.15, 0.2) is 12.7 Å². The van der Waals surface area contributed by atoms with Crippen molar-refractivity contribution in [1.29, 1.82) is 0 Å². The number of carbonyl (C=O) groups is 1. The zero-order chi connectivity index (χ0) is 11.1. The molecule has 0 aliphatic heterocycles. The van der Waals surface area contributed by atoms with Gasteiger partial charge in [-0.05, 0) is 32.1 Å². The summed E-state index contributed by atoms with van der Waals surface area (Å²) >= 11 is 0. The molecule has 0 atom stereocenters. The number of allylic oxidation sites excluding steroid dienone is 1. The number of carboxylic acids is 1. The molecular formula is C13H22O2. The average Bonchev–Trinajstić information content (AvgIpc) is 2.45. The molecule has 2 nitrogen and oxygen atoms in total. The van der Waals surface area contributed by atoms with Crippen molar-refractivity contribution in [3.8, 4) is 0 Å². The van der Waals surface area contributed by atoms with Gasteiger partial charge in [0.25, 0.3) is 0 Å². The van der Waals surface area contributed by atoms with Crippen molar-refractivity contribution in [2.45, 2.75) is 57.8 Å². The standard InChI is InChI=1S/C13H22O2/c1-2-3-6-9-13(12(14)15)10-7-4-5-8-11-13/h2H,1,3-11H2,(H,14,15). The summed E-state index contributed by atoms with van der Waals surface area (Å²) in [4.78, 5) is 11.4. The Labute approximate surface area is 92.4 Å². The minimum absolute atomic E-state index is 0.417. The van der Waals surface area contributed by atoms with Crippen molar-refractivity contribution in [2.75, 3.05) is 0 Å². The van der Waals surface area contributed by atoms with Crippen molar-refractivity contribution in [3.05, 3.63) is 12.7 Å². The fraction of sp³-hybridized carbons (Fsp3) is 0.769. The van der Waals surface area contributed by atoms with Crippen molar-refractivity contribution in [1.82, 2.24) is 0 Å². The first-order valence-electron chi connectivity index (χ1n) is 6.05. The highest BCUT2D eigenvalue weighted by Gasteiger charge is 2.37. The first kappa shape index (κ1) is 12.3. The highest BCUT2D eigenvalue weighted by molar-refractivity contribution is 5.74. The van der Waals surface area contributed by atoms with E-state index in [-0.39, 0.29) is 0 Å². The van der Waals surface area contributed by atoms with E-state index in [0.717, 1.165) is 44.9 Å². The van der Waals surface area contributed by atoms with Crippen molar-refractivity contribution in [2.24, 2.45) is 5.41 Å². The number of aliphatic carboxylic acids is 1. The molecule has 86 valence electrons. The summed E-state index contributed by atoms with van der Waals surface area (Å²) in [7, 11) is 0. The Kier molecular flexibility index (Phi) is 4.86. The van der Waals surface area contributed by atoms with E-state index in [4.69, 9.17) is 0 Å². The molecule has 0 bridgehead atoms. The number of rotatable bonds is 5. The van der Waals surface area contributed by atoms with Crippen LogP contribution in [0.1, 0.15) is 57.8 Å². The summed E-state index contributed by atoms with van der Waals surface area (Å²) in [5.74, 6) is -0.575. The van der Waals surface area contributed by atoms with Gasteiger partial charge in [0.1, 0.15) is 0 Å². The largest absolute Gasteiger partial charge is 0.481 e. The van der Waals surface area contributed by atoms with Crippen LogP contribution in [0.25, 0.3) is 0 Å². The van der Waals surface area contributed by atoms with E-state index in [0.29, 0.717) is 0 Å².